The van der Waals surface area contributed by atoms with E-state index >= 15 is 0 Å². The summed E-state index contributed by atoms with van der Waals surface area (Å²) >= 11 is 0. The average Bonchev–Trinajstić information content (AvgIpc) is 2.41. The molecule has 22 heavy (non-hydrogen) atoms. The number of alkyl halides is 3. The maximum Gasteiger partial charge on any atom is 0.408 e. The summed E-state index contributed by atoms with van der Waals surface area (Å²) in [5.74, 6) is -2.51. The van der Waals surface area contributed by atoms with E-state index in [2.05, 4.69) is 0 Å². The van der Waals surface area contributed by atoms with Gasteiger partial charge in [0.05, 0.1) is 6.42 Å². The maximum absolute atomic E-state index is 13.5. The Bertz CT molecular complexity index is 561. The topological polar surface area (TPSA) is 46.3 Å². The minimum absolute atomic E-state index is 0.155. The fourth-order valence-corrected chi connectivity index (χ4v) is 2.56. The zero-order valence-electron chi connectivity index (χ0n) is 11.5. The van der Waals surface area contributed by atoms with Gasteiger partial charge in [-0.2, -0.15) is 13.2 Å². The molecule has 0 aliphatic carbocycles. The molecule has 1 aromatic rings. The van der Waals surface area contributed by atoms with Crippen LogP contribution in [0.4, 0.5) is 22.0 Å². The Labute approximate surface area is 123 Å². The average molecular weight is 322 g/mol. The van der Waals surface area contributed by atoms with Gasteiger partial charge in [-0.05, 0) is 31.0 Å². The number of carbonyl (C=O) groups is 1. The van der Waals surface area contributed by atoms with E-state index in [9.17, 15) is 26.7 Å². The number of amides is 1. The van der Waals surface area contributed by atoms with Crippen LogP contribution in [0.1, 0.15) is 18.4 Å². The minimum atomic E-state index is -4.57. The fraction of sp³-hybridized carbons (Fsp3) is 0.500. The number of carbonyl (C=O) groups excluding carboxylic acids is 1. The number of halogens is 5. The van der Waals surface area contributed by atoms with Crippen LogP contribution in [0.3, 0.4) is 0 Å². The summed E-state index contributed by atoms with van der Waals surface area (Å²) in [6.07, 6.45) is -5.34. The van der Waals surface area contributed by atoms with Gasteiger partial charge in [0, 0.05) is 18.2 Å². The van der Waals surface area contributed by atoms with Gasteiger partial charge in [-0.1, -0.05) is 0 Å². The normalized spacial score (nSPS) is 22.7. The quantitative estimate of drug-likeness (QED) is 0.850. The van der Waals surface area contributed by atoms with Crippen LogP contribution in [0.2, 0.25) is 0 Å². The first-order valence-electron chi connectivity index (χ1n) is 6.74. The number of benzene rings is 1. The zero-order chi connectivity index (χ0) is 16.5. The van der Waals surface area contributed by atoms with Gasteiger partial charge in [0.25, 0.3) is 0 Å². The number of hydrogen-bond acceptors (Lipinski definition) is 2. The van der Waals surface area contributed by atoms with E-state index in [-0.39, 0.29) is 24.9 Å². The van der Waals surface area contributed by atoms with Crippen molar-refractivity contribution in [1.82, 2.24) is 4.90 Å². The molecule has 3 nitrogen and oxygen atoms in total. The second-order valence-electron chi connectivity index (χ2n) is 5.35. The van der Waals surface area contributed by atoms with Crippen LogP contribution in [0.15, 0.2) is 18.2 Å². The summed E-state index contributed by atoms with van der Waals surface area (Å²) < 4.78 is 65.6. The van der Waals surface area contributed by atoms with Crippen molar-refractivity contribution in [2.24, 2.45) is 5.73 Å². The molecule has 8 heteroatoms. The molecule has 2 rings (SSSR count). The molecule has 2 atom stereocenters. The Morgan fingerprint density at radius 1 is 1.27 bits per heavy atom. The first kappa shape index (κ1) is 16.7. The van der Waals surface area contributed by atoms with Gasteiger partial charge in [-0.3, -0.25) is 4.79 Å². The maximum atomic E-state index is 13.5. The molecule has 2 unspecified atom stereocenters. The van der Waals surface area contributed by atoms with Crippen LogP contribution in [-0.2, 0) is 11.2 Å². The van der Waals surface area contributed by atoms with Crippen molar-refractivity contribution in [3.05, 3.63) is 35.4 Å². The van der Waals surface area contributed by atoms with Crippen molar-refractivity contribution < 1.29 is 26.7 Å². The molecule has 0 spiro atoms. The van der Waals surface area contributed by atoms with Gasteiger partial charge >= 0.3 is 6.18 Å². The Kier molecular flexibility index (Phi) is 4.69. The third-order valence-corrected chi connectivity index (χ3v) is 3.67. The molecule has 2 N–H and O–H groups in total. The van der Waals surface area contributed by atoms with E-state index in [4.69, 9.17) is 5.73 Å². The number of nitrogens with zero attached hydrogens (tertiary/aromatic N) is 1. The first-order valence-corrected chi connectivity index (χ1v) is 6.74. The van der Waals surface area contributed by atoms with Crippen molar-refractivity contribution >= 4 is 5.91 Å². The van der Waals surface area contributed by atoms with Gasteiger partial charge in [0.15, 0.2) is 0 Å². The predicted molar refractivity (Wildman–Crippen MR) is 68.8 cm³/mol. The molecule has 122 valence electrons. The highest BCUT2D eigenvalue weighted by Gasteiger charge is 2.47. The van der Waals surface area contributed by atoms with Crippen molar-refractivity contribution in [1.29, 1.82) is 0 Å². The van der Waals surface area contributed by atoms with E-state index in [0.29, 0.717) is 4.90 Å². The first-order chi connectivity index (χ1) is 10.2. The smallest absolute Gasteiger partial charge is 0.329 e. The highest BCUT2D eigenvalue weighted by atomic mass is 19.4. The third kappa shape index (κ3) is 3.73. The van der Waals surface area contributed by atoms with Crippen LogP contribution in [-0.4, -0.2) is 35.6 Å². The molecule has 0 radical (unpaired) electrons. The largest absolute Gasteiger partial charge is 0.408 e. The summed E-state index contributed by atoms with van der Waals surface area (Å²) in [5.41, 5.74) is 5.35. The molecule has 1 fully saturated rings. The third-order valence-electron chi connectivity index (χ3n) is 3.67. The van der Waals surface area contributed by atoms with Crippen molar-refractivity contribution in [3.63, 3.8) is 0 Å². The summed E-state index contributed by atoms with van der Waals surface area (Å²) in [7, 11) is 0. The van der Waals surface area contributed by atoms with Gasteiger partial charge in [-0.15, -0.1) is 0 Å². The van der Waals surface area contributed by atoms with E-state index < -0.39 is 42.2 Å². The molecule has 1 aliphatic rings. The molecule has 1 saturated heterocycles. The van der Waals surface area contributed by atoms with Crippen LogP contribution in [0.25, 0.3) is 0 Å². The highest BCUT2D eigenvalue weighted by Crippen LogP contribution is 2.32. The Morgan fingerprint density at radius 2 is 1.95 bits per heavy atom. The lowest BCUT2D eigenvalue weighted by Gasteiger charge is -2.39. The van der Waals surface area contributed by atoms with Gasteiger partial charge < -0.3 is 10.6 Å². The van der Waals surface area contributed by atoms with Crippen LogP contribution < -0.4 is 5.73 Å². The Balaban J connectivity index is 2.19. The van der Waals surface area contributed by atoms with Crippen LogP contribution in [0, 0.1) is 11.6 Å². The molecular weight excluding hydrogens is 307 g/mol. The Morgan fingerprint density at radius 3 is 2.59 bits per heavy atom. The van der Waals surface area contributed by atoms with Crippen molar-refractivity contribution in [3.8, 4) is 0 Å². The lowest BCUT2D eigenvalue weighted by molar-refractivity contribution is -0.196. The number of likely N-dealkylation sites (tertiary alicyclic amines) is 1. The molecule has 0 aromatic heterocycles. The minimum Gasteiger partial charge on any atom is -0.329 e. The monoisotopic (exact) mass is 322 g/mol. The van der Waals surface area contributed by atoms with E-state index in [1.165, 1.54) is 0 Å². The predicted octanol–water partition coefficient (Wildman–Crippen LogP) is 2.39. The molecule has 1 amide bonds. The summed E-state index contributed by atoms with van der Waals surface area (Å²) in [4.78, 5) is 12.7. The number of nitrogens with two attached hydrogens (primary N) is 1. The van der Waals surface area contributed by atoms with Crippen molar-refractivity contribution in [2.45, 2.75) is 37.5 Å². The van der Waals surface area contributed by atoms with Gasteiger partial charge in [0.1, 0.15) is 17.7 Å². The Hall–Kier alpha value is -1.70. The summed E-state index contributed by atoms with van der Waals surface area (Å²) in [6.45, 7) is -0.250. The lowest BCUT2D eigenvalue weighted by Crippen LogP contribution is -2.57. The standard InChI is InChI=1S/C14H15F5N2O/c15-9-1-3-11(16)8(5-9)6-13(22)21-7-10(20)2-4-12(21)14(17,18)19/h1,3,5,10,12H,2,4,6-7,20H2. The summed E-state index contributed by atoms with van der Waals surface area (Å²) in [6, 6.07) is 0.0238. The lowest BCUT2D eigenvalue weighted by atomic mass is 9.97. The van der Waals surface area contributed by atoms with Crippen LogP contribution >= 0.6 is 0 Å². The van der Waals surface area contributed by atoms with Gasteiger partial charge in [0.2, 0.25) is 5.91 Å². The fourth-order valence-electron chi connectivity index (χ4n) is 2.56. The molecule has 1 heterocycles. The number of piperidine rings is 1. The second-order valence-corrected chi connectivity index (χ2v) is 5.35. The van der Waals surface area contributed by atoms with Crippen molar-refractivity contribution in [2.75, 3.05) is 6.54 Å². The molecule has 0 saturated carbocycles. The van der Waals surface area contributed by atoms with Crippen LogP contribution in [0.5, 0.6) is 0 Å². The summed E-state index contributed by atoms with van der Waals surface area (Å²) in [5, 5.41) is 0. The highest BCUT2D eigenvalue weighted by molar-refractivity contribution is 5.79. The van der Waals surface area contributed by atoms with E-state index in [0.717, 1.165) is 18.2 Å². The SMILES string of the molecule is NC1CCC(C(F)(F)F)N(C(=O)Cc2cc(F)ccc2F)C1. The number of hydrogen-bond donors (Lipinski definition) is 1. The zero-order valence-corrected chi connectivity index (χ0v) is 11.5. The van der Waals surface area contributed by atoms with E-state index in [1.54, 1.807) is 0 Å². The molecule has 1 aliphatic heterocycles. The van der Waals surface area contributed by atoms with E-state index in [1.807, 2.05) is 0 Å². The molecular formula is C14H15F5N2O. The molecule has 0 bridgehead atoms. The molecule has 1 aromatic carbocycles. The number of rotatable bonds is 2. The second kappa shape index (κ2) is 6.20. The van der Waals surface area contributed by atoms with Gasteiger partial charge in [-0.25, -0.2) is 8.78 Å².